The van der Waals surface area contributed by atoms with E-state index in [2.05, 4.69) is 19.9 Å². The molecule has 12 N–H and O–H groups in total. The molecule has 5 aliphatic carbocycles. The van der Waals surface area contributed by atoms with Crippen LogP contribution in [0, 0.1) is 50.2 Å². The largest absolute Gasteiger partial charge is 0.479 e. The molecule has 4 saturated carbocycles. The summed E-state index contributed by atoms with van der Waals surface area (Å²) in [6.45, 7) is 18.6. The summed E-state index contributed by atoms with van der Waals surface area (Å²) in [4.78, 5) is 40.3. The summed E-state index contributed by atoms with van der Waals surface area (Å²) in [7, 11) is 0. The summed E-state index contributed by atoms with van der Waals surface area (Å²) < 4.78 is 48.9. The lowest BCUT2D eigenvalue weighted by Gasteiger charge is -2.73. The van der Waals surface area contributed by atoms with E-state index in [-0.39, 0.29) is 23.8 Å². The highest BCUT2D eigenvalue weighted by Gasteiger charge is 2.76. The first-order chi connectivity index (χ1) is 37.3. The van der Waals surface area contributed by atoms with Crippen LogP contribution in [0.2, 0.25) is 0 Å². The number of rotatable bonds is 13. The van der Waals surface area contributed by atoms with Gasteiger partial charge in [-0.1, -0.05) is 72.3 Å². The van der Waals surface area contributed by atoms with Crippen molar-refractivity contribution in [1.29, 1.82) is 0 Å². The average Bonchev–Trinajstić information content (AvgIpc) is 1.80. The molecule has 0 spiro atoms. The number of ether oxygens (including phenoxy) is 8. The number of hydrogen-bond donors (Lipinski definition) is 12. The summed E-state index contributed by atoms with van der Waals surface area (Å²) in [5.41, 5.74) is -4.41. The molecule has 0 bridgehead atoms. The van der Waals surface area contributed by atoms with E-state index >= 15 is 0 Å². The second-order valence-corrected chi connectivity index (χ2v) is 26.1. The first-order valence-electron chi connectivity index (χ1n) is 28.1. The summed E-state index contributed by atoms with van der Waals surface area (Å²) >= 11 is 0. The molecule has 0 aromatic carbocycles. The maximum absolute atomic E-state index is 13.9. The Morgan fingerprint density at radius 3 is 1.86 bits per heavy atom. The zero-order valence-corrected chi connectivity index (χ0v) is 47.7. The molecule has 23 nitrogen and oxygen atoms in total. The van der Waals surface area contributed by atoms with Crippen molar-refractivity contribution < 1.29 is 114 Å². The van der Waals surface area contributed by atoms with Crippen LogP contribution in [-0.4, -0.2) is 216 Å². The van der Waals surface area contributed by atoms with Gasteiger partial charge >= 0.3 is 17.9 Å². The van der Waals surface area contributed by atoms with E-state index in [4.69, 9.17) is 37.9 Å². The highest BCUT2D eigenvalue weighted by atomic mass is 16.8. The van der Waals surface area contributed by atoms with Crippen LogP contribution in [0.4, 0.5) is 0 Å². The molecule has 454 valence electrons. The monoisotopic (exact) mass is 1140 g/mol. The second-order valence-electron chi connectivity index (χ2n) is 26.1. The van der Waals surface area contributed by atoms with Gasteiger partial charge in [-0.2, -0.15) is 0 Å². The number of carboxylic acid groups (broad SMARTS) is 1. The van der Waals surface area contributed by atoms with Crippen LogP contribution < -0.4 is 0 Å². The van der Waals surface area contributed by atoms with Crippen molar-refractivity contribution in [1.82, 2.24) is 0 Å². The Morgan fingerprint density at radius 1 is 0.675 bits per heavy atom. The molecule has 8 unspecified atom stereocenters. The predicted octanol–water partition coefficient (Wildman–Crippen LogP) is 0.263. The van der Waals surface area contributed by atoms with E-state index in [0.29, 0.717) is 37.7 Å². The zero-order chi connectivity index (χ0) is 59.3. The number of aliphatic hydroxyl groups excluding tert-OH is 11. The number of hydrogen-bond acceptors (Lipinski definition) is 22. The van der Waals surface area contributed by atoms with Crippen LogP contribution in [0.5, 0.6) is 0 Å². The van der Waals surface area contributed by atoms with Crippen LogP contribution in [-0.2, 0) is 52.3 Å². The number of aliphatic carboxylic acids is 1. The Labute approximate surface area is 466 Å². The third kappa shape index (κ3) is 9.85. The number of esters is 2. The van der Waals surface area contributed by atoms with E-state index in [0.717, 1.165) is 5.57 Å². The van der Waals surface area contributed by atoms with Crippen molar-refractivity contribution in [2.24, 2.45) is 50.2 Å². The van der Waals surface area contributed by atoms with Gasteiger partial charge in [0.25, 0.3) is 0 Å². The summed E-state index contributed by atoms with van der Waals surface area (Å²) in [6, 6.07) is 0. The molecular weight excluding hydrogens is 1050 g/mol. The van der Waals surface area contributed by atoms with Gasteiger partial charge in [0.05, 0.1) is 43.5 Å². The minimum atomic E-state index is -2.13. The Morgan fingerprint density at radius 2 is 1.27 bits per heavy atom. The quantitative estimate of drug-likeness (QED) is 0.0509. The number of allylic oxidation sites excluding steroid dienone is 3. The topological polar surface area (TPSA) is 368 Å². The van der Waals surface area contributed by atoms with Gasteiger partial charge in [-0.15, -0.1) is 0 Å². The Hall–Kier alpha value is -3.05. The Balaban J connectivity index is 1.14. The zero-order valence-electron chi connectivity index (χ0n) is 47.7. The molecule has 0 aromatic rings. The fourth-order valence-electron chi connectivity index (χ4n) is 16.2. The van der Waals surface area contributed by atoms with Gasteiger partial charge in [0, 0.05) is 22.0 Å². The Bertz CT molecular complexity index is 2390. The molecule has 0 amide bonds. The first-order valence-corrected chi connectivity index (χ1v) is 28.1. The SMILES string of the molecule is C/C=C(/C)C(=O)O[C@H]1[C@H](OC(=O)/C(C)=C\C)[C@@]2(CO)C(CC1(C)C)C1=CCC3[C@@]4(C)CC[C@H](O[C@@H]5OC(C(=O)O)[C@H](O)[C@H](O[C@@H]6OC[C@H](O)[C@H](O)C6O)C5O[C@@H]5OC(CO)[C@H](O)[C@H](O)C5O)C(C)(C)C4CC[C@@]3(C)[C@]1(C)[C@@H](O)[C@H]2O. The summed E-state index contributed by atoms with van der Waals surface area (Å²) in [6.07, 6.45) is -24.4. The first kappa shape index (κ1) is 63.0. The molecular formula is C57H88O23. The van der Waals surface area contributed by atoms with Crippen molar-refractivity contribution in [3.63, 3.8) is 0 Å². The number of carbonyl (C=O) groups excluding carboxylic acids is 2. The summed E-state index contributed by atoms with van der Waals surface area (Å²) in [5.74, 6) is -4.02. The van der Waals surface area contributed by atoms with Gasteiger partial charge < -0.3 is 99.2 Å². The van der Waals surface area contributed by atoms with Gasteiger partial charge in [-0.25, -0.2) is 14.4 Å². The van der Waals surface area contributed by atoms with Crippen molar-refractivity contribution >= 4 is 17.9 Å². The van der Waals surface area contributed by atoms with Crippen LogP contribution >= 0.6 is 0 Å². The fraction of sp³-hybridized carbons (Fsp3) is 0.842. The Kier molecular flexibility index (Phi) is 17.9. The van der Waals surface area contributed by atoms with Gasteiger partial charge in [-0.05, 0) is 100 Å². The maximum atomic E-state index is 13.9. The third-order valence-electron chi connectivity index (χ3n) is 21.3. The third-order valence-corrected chi connectivity index (χ3v) is 21.3. The lowest BCUT2D eigenvalue weighted by molar-refractivity contribution is -0.392. The predicted molar refractivity (Wildman–Crippen MR) is 277 cm³/mol. The molecule has 0 aromatic heterocycles. The lowest BCUT2D eigenvalue weighted by Crippen LogP contribution is -2.76. The normalized spacial score (nSPS) is 49.2. The number of carbonyl (C=O) groups is 3. The minimum Gasteiger partial charge on any atom is -0.479 e. The molecule has 80 heavy (non-hydrogen) atoms. The molecule has 7 fully saturated rings. The minimum absolute atomic E-state index is 0.153. The van der Waals surface area contributed by atoms with Crippen molar-refractivity contribution in [2.45, 2.75) is 231 Å². The molecule has 3 aliphatic heterocycles. The molecule has 0 radical (unpaired) electrons. The molecule has 26 atom stereocenters. The number of carboxylic acids is 1. The second kappa shape index (κ2) is 22.7. The van der Waals surface area contributed by atoms with Crippen LogP contribution in [0.3, 0.4) is 0 Å². The number of fused-ring (bicyclic) bond motifs is 7. The van der Waals surface area contributed by atoms with Gasteiger partial charge in [0.1, 0.15) is 67.1 Å². The molecule has 23 heteroatoms. The average molecular weight is 1140 g/mol. The molecule has 3 saturated heterocycles. The molecule has 8 rings (SSSR count). The smallest absolute Gasteiger partial charge is 0.335 e. The van der Waals surface area contributed by atoms with Gasteiger partial charge in [0.2, 0.25) is 0 Å². The fourth-order valence-corrected chi connectivity index (χ4v) is 16.2. The van der Waals surface area contributed by atoms with Crippen molar-refractivity contribution in [3.8, 4) is 0 Å². The molecule has 3 heterocycles. The van der Waals surface area contributed by atoms with Crippen LogP contribution in [0.15, 0.2) is 34.9 Å². The van der Waals surface area contributed by atoms with E-state index < -0.39 is 193 Å². The number of aliphatic hydroxyl groups is 11. The van der Waals surface area contributed by atoms with E-state index in [1.165, 1.54) is 0 Å². The van der Waals surface area contributed by atoms with Crippen molar-refractivity contribution in [3.05, 3.63) is 34.9 Å². The van der Waals surface area contributed by atoms with Crippen molar-refractivity contribution in [2.75, 3.05) is 19.8 Å². The highest BCUT2D eigenvalue weighted by Crippen LogP contribution is 2.76. The standard InChI is InChI=1S/C57H88O23/c1-12-24(3)47(71)79-44-45(80-48(72)25(4)13-2)57(23-59)27(20-52(44,5)6)26-14-15-31-54(9)18-17-32(53(7,8)30(54)16-19-55(31,10)56(26,11)42(67)43(57)68)75-51-41(78-50-37(65)35(63)34(62)29(21-58)74-50)39(38(66)40(77-51)46(69)70)76-49-36(64)33(61)28(60)22-73-49/h12-14,27-45,49-51,58-68H,15-23H2,1-11H3,(H,69,70)/b24-12-,25-13-/t27?,28-,29?,30?,31?,32-,33-,34-,35-,36?,37?,38+,39-,40?,41?,42-,43+,44-,45-,49-,50-,51+,54-,55+,56-,57-/m0/s1. The molecule has 8 aliphatic rings. The van der Waals surface area contributed by atoms with E-state index in [9.17, 15) is 75.7 Å². The van der Waals surface area contributed by atoms with E-state index in [1.54, 1.807) is 39.8 Å². The highest BCUT2D eigenvalue weighted by molar-refractivity contribution is 5.89. The van der Waals surface area contributed by atoms with Crippen LogP contribution in [0.25, 0.3) is 0 Å². The van der Waals surface area contributed by atoms with Gasteiger partial charge in [0.15, 0.2) is 31.1 Å². The van der Waals surface area contributed by atoms with Gasteiger partial charge in [-0.3, -0.25) is 0 Å². The lowest BCUT2D eigenvalue weighted by atomic mass is 9.32. The van der Waals surface area contributed by atoms with Crippen LogP contribution in [0.1, 0.15) is 115 Å². The van der Waals surface area contributed by atoms with E-state index in [1.807, 2.05) is 34.6 Å². The summed E-state index contributed by atoms with van der Waals surface area (Å²) in [5, 5.41) is 134. The maximum Gasteiger partial charge on any atom is 0.335 e.